The maximum atomic E-state index is 12.9. The molecule has 25 heavy (non-hydrogen) atoms. The number of carbonyl (C=O) groups excluding carboxylic acids is 1. The van der Waals surface area contributed by atoms with E-state index in [2.05, 4.69) is 10.3 Å². The van der Waals surface area contributed by atoms with E-state index < -0.39 is 0 Å². The molecule has 5 nitrogen and oxygen atoms in total. The lowest BCUT2D eigenvalue weighted by molar-refractivity contribution is 0.0964. The first-order chi connectivity index (χ1) is 12.0. The molecule has 0 N–H and O–H groups in total. The smallest absolute Gasteiger partial charge is 0.279 e. The number of hydrogen-bond donors (Lipinski definition) is 0. The van der Waals surface area contributed by atoms with E-state index in [0.717, 1.165) is 42.4 Å². The van der Waals surface area contributed by atoms with Crippen LogP contribution in [0.2, 0.25) is 0 Å². The molecule has 1 aromatic carbocycles. The predicted molar refractivity (Wildman–Crippen MR) is 98.6 cm³/mol. The number of fused-ring (bicyclic) bond motifs is 3. The fraction of sp³-hybridized carbons (Fsp3) is 0.368. The van der Waals surface area contributed by atoms with Gasteiger partial charge in [-0.05, 0) is 62.3 Å². The minimum Gasteiger partial charge on any atom is -0.292 e. The Morgan fingerprint density at radius 1 is 1.20 bits per heavy atom. The lowest BCUT2D eigenvalue weighted by atomic mass is 9.97. The Labute approximate surface area is 149 Å². The fourth-order valence-electron chi connectivity index (χ4n) is 3.35. The van der Waals surface area contributed by atoms with E-state index in [1.54, 1.807) is 17.4 Å². The highest BCUT2D eigenvalue weighted by Gasteiger charge is 2.21. The van der Waals surface area contributed by atoms with Gasteiger partial charge in [-0.15, -0.1) is 16.4 Å². The third-order valence-corrected chi connectivity index (χ3v) is 6.14. The van der Waals surface area contributed by atoms with Crippen molar-refractivity contribution in [3.8, 4) is 0 Å². The zero-order chi connectivity index (χ0) is 17.6. The number of carbonyl (C=O) groups is 1. The molecule has 0 saturated carbocycles. The predicted octanol–water partition coefficient (Wildman–Crippen LogP) is 3.23. The van der Waals surface area contributed by atoms with Crippen molar-refractivity contribution in [2.75, 3.05) is 0 Å². The van der Waals surface area contributed by atoms with Crippen molar-refractivity contribution < 1.29 is 4.79 Å². The highest BCUT2D eigenvalue weighted by Crippen LogP contribution is 2.33. The second-order valence-electron chi connectivity index (χ2n) is 6.67. The standard InChI is InChI=1S/C19H19N3O2S/c1-11-7-8-13(9-12(11)2)15(23)10-22-19(24)17-14-5-3-4-6-16(14)25-18(17)20-21-22/h7-9H,3-6,10H2,1-2H3. The largest absolute Gasteiger partial charge is 0.292 e. The SMILES string of the molecule is Cc1ccc(C(=O)Cn2nnc3sc4c(c3c2=O)CCCC4)cc1C. The second kappa shape index (κ2) is 6.19. The van der Waals surface area contributed by atoms with Crippen LogP contribution in [0, 0.1) is 13.8 Å². The summed E-state index contributed by atoms with van der Waals surface area (Å²) in [5.41, 5.74) is 3.73. The van der Waals surface area contributed by atoms with Gasteiger partial charge in [0.25, 0.3) is 5.56 Å². The molecule has 128 valence electrons. The van der Waals surface area contributed by atoms with Crippen LogP contribution in [0.1, 0.15) is 44.8 Å². The van der Waals surface area contributed by atoms with Crippen molar-refractivity contribution in [2.45, 2.75) is 46.1 Å². The van der Waals surface area contributed by atoms with E-state index in [1.807, 2.05) is 26.0 Å². The number of rotatable bonds is 3. The summed E-state index contributed by atoms with van der Waals surface area (Å²) in [6, 6.07) is 5.59. The number of nitrogens with zero attached hydrogens (tertiary/aromatic N) is 3. The number of ketones is 1. The van der Waals surface area contributed by atoms with Gasteiger partial charge in [0.15, 0.2) is 10.6 Å². The molecule has 0 radical (unpaired) electrons. The summed E-state index contributed by atoms with van der Waals surface area (Å²) in [5, 5.41) is 8.87. The number of aromatic nitrogens is 3. The number of Topliss-reactive ketones (excluding diaryl/α,β-unsaturated/α-hetero) is 1. The molecule has 0 atom stereocenters. The summed E-state index contributed by atoms with van der Waals surface area (Å²) < 4.78 is 1.21. The Balaban J connectivity index is 1.72. The van der Waals surface area contributed by atoms with Crippen LogP contribution in [0.5, 0.6) is 0 Å². The van der Waals surface area contributed by atoms with Crippen molar-refractivity contribution >= 4 is 27.3 Å². The van der Waals surface area contributed by atoms with E-state index in [0.29, 0.717) is 15.8 Å². The van der Waals surface area contributed by atoms with Crippen molar-refractivity contribution in [3.63, 3.8) is 0 Å². The zero-order valence-electron chi connectivity index (χ0n) is 14.3. The molecular formula is C19H19N3O2S. The third-order valence-electron chi connectivity index (χ3n) is 4.97. The van der Waals surface area contributed by atoms with Gasteiger partial charge in [0, 0.05) is 10.4 Å². The lowest BCUT2D eigenvalue weighted by Crippen LogP contribution is -2.28. The minimum absolute atomic E-state index is 0.0745. The van der Waals surface area contributed by atoms with Crippen LogP contribution in [0.4, 0.5) is 0 Å². The molecule has 3 aromatic rings. The average Bonchev–Trinajstić information content (AvgIpc) is 2.99. The Bertz CT molecular complexity index is 1050. The first-order valence-corrected chi connectivity index (χ1v) is 9.35. The normalized spacial score (nSPS) is 13.8. The van der Waals surface area contributed by atoms with Crippen molar-refractivity contribution in [2.24, 2.45) is 0 Å². The Morgan fingerprint density at radius 3 is 2.80 bits per heavy atom. The number of hydrogen-bond acceptors (Lipinski definition) is 5. The van der Waals surface area contributed by atoms with Crippen LogP contribution in [-0.4, -0.2) is 20.8 Å². The number of benzene rings is 1. The number of thiophene rings is 1. The summed E-state index contributed by atoms with van der Waals surface area (Å²) in [7, 11) is 0. The molecule has 0 aliphatic heterocycles. The molecule has 0 bridgehead atoms. The van der Waals surface area contributed by atoms with E-state index >= 15 is 0 Å². The Hall–Kier alpha value is -2.34. The van der Waals surface area contributed by atoms with Crippen LogP contribution in [0.15, 0.2) is 23.0 Å². The average molecular weight is 353 g/mol. The minimum atomic E-state index is -0.193. The second-order valence-corrected chi connectivity index (χ2v) is 7.75. The highest BCUT2D eigenvalue weighted by molar-refractivity contribution is 7.18. The van der Waals surface area contributed by atoms with Crippen LogP contribution in [-0.2, 0) is 19.4 Å². The van der Waals surface area contributed by atoms with Gasteiger partial charge in [-0.3, -0.25) is 9.59 Å². The molecular weight excluding hydrogens is 334 g/mol. The lowest BCUT2D eigenvalue weighted by Gasteiger charge is -2.10. The zero-order valence-corrected chi connectivity index (χ0v) is 15.2. The van der Waals surface area contributed by atoms with Gasteiger partial charge >= 0.3 is 0 Å². The van der Waals surface area contributed by atoms with E-state index in [-0.39, 0.29) is 17.9 Å². The van der Waals surface area contributed by atoms with Crippen molar-refractivity contribution in [1.29, 1.82) is 0 Å². The molecule has 0 amide bonds. The van der Waals surface area contributed by atoms with E-state index in [9.17, 15) is 9.59 Å². The molecule has 0 fully saturated rings. The highest BCUT2D eigenvalue weighted by atomic mass is 32.1. The van der Waals surface area contributed by atoms with Gasteiger partial charge in [0.1, 0.15) is 6.54 Å². The summed E-state index contributed by atoms with van der Waals surface area (Å²) in [6.07, 6.45) is 4.19. The van der Waals surface area contributed by atoms with E-state index in [1.165, 1.54) is 9.56 Å². The summed E-state index contributed by atoms with van der Waals surface area (Å²) in [6.45, 7) is 3.91. The van der Waals surface area contributed by atoms with E-state index in [4.69, 9.17) is 0 Å². The fourth-order valence-corrected chi connectivity index (χ4v) is 4.55. The van der Waals surface area contributed by atoms with Gasteiger partial charge in [-0.1, -0.05) is 17.3 Å². The van der Waals surface area contributed by atoms with Crippen molar-refractivity contribution in [1.82, 2.24) is 15.0 Å². The number of aryl methyl sites for hydroxylation is 4. The molecule has 6 heteroatoms. The van der Waals surface area contributed by atoms with Gasteiger partial charge in [-0.25, -0.2) is 4.68 Å². The molecule has 2 aromatic heterocycles. The molecule has 0 spiro atoms. The molecule has 4 rings (SSSR count). The molecule has 0 unspecified atom stereocenters. The van der Waals surface area contributed by atoms with Crippen LogP contribution in [0.25, 0.3) is 10.2 Å². The maximum absolute atomic E-state index is 12.9. The quantitative estimate of drug-likeness (QED) is 0.678. The van der Waals surface area contributed by atoms with Gasteiger partial charge in [0.05, 0.1) is 5.39 Å². The molecule has 1 aliphatic carbocycles. The van der Waals surface area contributed by atoms with Gasteiger partial charge in [0.2, 0.25) is 0 Å². The Kier molecular flexibility index (Phi) is 4.00. The summed E-state index contributed by atoms with van der Waals surface area (Å²) in [5.74, 6) is -0.122. The van der Waals surface area contributed by atoms with Crippen molar-refractivity contribution in [3.05, 3.63) is 55.7 Å². The van der Waals surface area contributed by atoms with Gasteiger partial charge in [-0.2, -0.15) is 0 Å². The van der Waals surface area contributed by atoms with Crippen LogP contribution >= 0.6 is 11.3 Å². The van der Waals surface area contributed by atoms with Gasteiger partial charge < -0.3 is 0 Å². The monoisotopic (exact) mass is 353 g/mol. The third kappa shape index (κ3) is 2.80. The molecule has 2 heterocycles. The first-order valence-electron chi connectivity index (χ1n) is 8.53. The molecule has 0 saturated heterocycles. The summed E-state index contributed by atoms with van der Waals surface area (Å²) in [4.78, 5) is 27.4. The van der Waals surface area contributed by atoms with Crippen LogP contribution in [0.3, 0.4) is 0 Å². The molecule has 1 aliphatic rings. The first kappa shape index (κ1) is 16.1. The topological polar surface area (TPSA) is 64.8 Å². The Morgan fingerprint density at radius 2 is 2.00 bits per heavy atom. The summed E-state index contributed by atoms with van der Waals surface area (Å²) >= 11 is 1.57. The maximum Gasteiger partial charge on any atom is 0.279 e. The van der Waals surface area contributed by atoms with Crippen LogP contribution < -0.4 is 5.56 Å².